The average Bonchev–Trinajstić information content (AvgIpc) is 2.48. The average molecular weight is 266 g/mol. The number of hydrogen-bond acceptors (Lipinski definition) is 1. The molecule has 0 N–H and O–H groups in total. The number of Topliss-reactive ketones (excluding diaryl/α,β-unsaturated/α-hetero) is 1. The largest absolute Gasteiger partial charge is 0.294 e. The highest BCUT2D eigenvalue weighted by Gasteiger charge is 2.33. The van der Waals surface area contributed by atoms with Crippen LogP contribution in [0.3, 0.4) is 0 Å². The third-order valence-electron chi connectivity index (χ3n) is 4.33. The summed E-state index contributed by atoms with van der Waals surface area (Å²) < 4.78 is 0. The summed E-state index contributed by atoms with van der Waals surface area (Å²) in [7, 11) is 0. The van der Waals surface area contributed by atoms with E-state index in [1.807, 2.05) is 48.5 Å². The van der Waals surface area contributed by atoms with Crippen LogP contribution in [0.4, 0.5) is 0 Å². The summed E-state index contributed by atoms with van der Waals surface area (Å²) >= 11 is 0. The minimum absolute atomic E-state index is 0.131. The predicted molar refractivity (Wildman–Crippen MR) is 84.0 cm³/mol. The first-order chi connectivity index (χ1) is 9.54. The normalized spacial score (nSPS) is 14.0. The monoisotopic (exact) mass is 266 g/mol. The quantitative estimate of drug-likeness (QED) is 0.705. The maximum Gasteiger partial charge on any atom is 0.163 e. The molecule has 0 aromatic heterocycles. The Kier molecular flexibility index (Phi) is 4.39. The highest BCUT2D eigenvalue weighted by atomic mass is 16.1. The number of hydrogen-bond donors (Lipinski definition) is 0. The van der Waals surface area contributed by atoms with Gasteiger partial charge >= 0.3 is 0 Å². The van der Waals surface area contributed by atoms with Crippen molar-refractivity contribution in [2.45, 2.75) is 32.6 Å². The fourth-order valence-electron chi connectivity index (χ4n) is 2.52. The van der Waals surface area contributed by atoms with Crippen LogP contribution >= 0.6 is 0 Å². The summed E-state index contributed by atoms with van der Waals surface area (Å²) in [6.07, 6.45) is 0.540. The van der Waals surface area contributed by atoms with Gasteiger partial charge in [-0.3, -0.25) is 4.79 Å². The topological polar surface area (TPSA) is 17.1 Å². The molecule has 0 heterocycles. The van der Waals surface area contributed by atoms with Gasteiger partial charge in [-0.2, -0.15) is 0 Å². The number of benzene rings is 2. The van der Waals surface area contributed by atoms with Gasteiger partial charge in [0.2, 0.25) is 0 Å². The van der Waals surface area contributed by atoms with Gasteiger partial charge in [0.15, 0.2) is 5.78 Å². The fourth-order valence-corrected chi connectivity index (χ4v) is 2.52. The fraction of sp³-hybridized carbons (Fsp3) is 0.316. The molecule has 0 amide bonds. The summed E-state index contributed by atoms with van der Waals surface area (Å²) in [4.78, 5) is 12.5. The Labute approximate surface area is 121 Å². The molecule has 1 nitrogen and oxygen atoms in total. The Hall–Kier alpha value is -1.89. The van der Waals surface area contributed by atoms with Crippen LogP contribution in [0.15, 0.2) is 60.7 Å². The molecule has 1 heteroatoms. The van der Waals surface area contributed by atoms with Crippen LogP contribution in [0.25, 0.3) is 0 Å². The van der Waals surface area contributed by atoms with Crippen molar-refractivity contribution < 1.29 is 4.79 Å². The third kappa shape index (κ3) is 2.98. The van der Waals surface area contributed by atoms with Crippen molar-refractivity contribution >= 4 is 5.78 Å². The minimum Gasteiger partial charge on any atom is -0.294 e. The Balaban J connectivity index is 2.29. The van der Waals surface area contributed by atoms with Gasteiger partial charge in [0.05, 0.1) is 0 Å². The van der Waals surface area contributed by atoms with E-state index in [0.717, 1.165) is 5.56 Å². The maximum atomic E-state index is 12.5. The highest BCUT2D eigenvalue weighted by Crippen LogP contribution is 2.36. The lowest BCUT2D eigenvalue weighted by atomic mass is 9.69. The van der Waals surface area contributed by atoms with E-state index in [-0.39, 0.29) is 11.2 Å². The van der Waals surface area contributed by atoms with Gasteiger partial charge in [-0.05, 0) is 11.5 Å². The van der Waals surface area contributed by atoms with Crippen LogP contribution in [-0.4, -0.2) is 5.78 Å². The molecular weight excluding hydrogens is 244 g/mol. The Bertz CT molecular complexity index is 557. The van der Waals surface area contributed by atoms with Crippen molar-refractivity contribution in [1.29, 1.82) is 0 Å². The second-order valence-electron chi connectivity index (χ2n) is 5.90. The molecule has 1 unspecified atom stereocenters. The van der Waals surface area contributed by atoms with Gasteiger partial charge in [-0.25, -0.2) is 0 Å². The third-order valence-corrected chi connectivity index (χ3v) is 4.33. The summed E-state index contributed by atoms with van der Waals surface area (Å²) in [6.45, 7) is 6.56. The van der Waals surface area contributed by atoms with E-state index in [4.69, 9.17) is 0 Å². The number of rotatable bonds is 5. The highest BCUT2D eigenvalue weighted by molar-refractivity contribution is 5.96. The predicted octanol–water partition coefficient (Wildman–Crippen LogP) is 4.87. The van der Waals surface area contributed by atoms with Crippen LogP contribution in [-0.2, 0) is 5.41 Å². The molecule has 0 aliphatic carbocycles. The zero-order chi connectivity index (χ0) is 14.6. The molecule has 0 aliphatic rings. The molecular formula is C19H22O. The van der Waals surface area contributed by atoms with Crippen LogP contribution in [0, 0.1) is 5.92 Å². The molecule has 2 rings (SSSR count). The Morgan fingerprint density at radius 2 is 1.45 bits per heavy atom. The van der Waals surface area contributed by atoms with E-state index in [9.17, 15) is 4.79 Å². The standard InChI is InChI=1S/C19H22O/c1-15(2)19(3,17-12-8-5-9-13-17)14-18(20)16-10-6-4-7-11-16/h4-13,15H,14H2,1-3H3. The second-order valence-corrected chi connectivity index (χ2v) is 5.90. The van der Waals surface area contributed by atoms with E-state index < -0.39 is 0 Å². The maximum absolute atomic E-state index is 12.5. The molecule has 0 fully saturated rings. The number of carbonyl (C=O) groups excluding carboxylic acids is 1. The van der Waals surface area contributed by atoms with E-state index in [1.54, 1.807) is 0 Å². The minimum atomic E-state index is -0.131. The van der Waals surface area contributed by atoms with Gasteiger partial charge in [-0.1, -0.05) is 81.4 Å². The van der Waals surface area contributed by atoms with E-state index in [1.165, 1.54) is 5.56 Å². The zero-order valence-electron chi connectivity index (χ0n) is 12.5. The molecule has 0 saturated carbocycles. The first-order valence-corrected chi connectivity index (χ1v) is 7.18. The number of ketones is 1. The lowest BCUT2D eigenvalue weighted by Crippen LogP contribution is -2.31. The van der Waals surface area contributed by atoms with Gasteiger partial charge < -0.3 is 0 Å². The van der Waals surface area contributed by atoms with E-state index in [2.05, 4.69) is 32.9 Å². The summed E-state index contributed by atoms with van der Waals surface area (Å²) in [6, 6.07) is 19.9. The molecule has 20 heavy (non-hydrogen) atoms. The van der Waals surface area contributed by atoms with Crippen LogP contribution in [0.1, 0.15) is 43.1 Å². The van der Waals surface area contributed by atoms with Gasteiger partial charge in [0.1, 0.15) is 0 Å². The second kappa shape index (κ2) is 6.04. The van der Waals surface area contributed by atoms with Crippen molar-refractivity contribution in [3.8, 4) is 0 Å². The SMILES string of the molecule is CC(C)C(C)(CC(=O)c1ccccc1)c1ccccc1. The van der Waals surface area contributed by atoms with Crippen molar-refractivity contribution in [2.75, 3.05) is 0 Å². The lowest BCUT2D eigenvalue weighted by Gasteiger charge is -2.34. The molecule has 0 bridgehead atoms. The van der Waals surface area contributed by atoms with Crippen LogP contribution < -0.4 is 0 Å². The molecule has 104 valence electrons. The van der Waals surface area contributed by atoms with Crippen molar-refractivity contribution in [1.82, 2.24) is 0 Å². The lowest BCUT2D eigenvalue weighted by molar-refractivity contribution is 0.0936. The number of carbonyl (C=O) groups is 1. The summed E-state index contributed by atoms with van der Waals surface area (Å²) in [5, 5.41) is 0. The smallest absolute Gasteiger partial charge is 0.163 e. The summed E-state index contributed by atoms with van der Waals surface area (Å²) in [5.74, 6) is 0.614. The van der Waals surface area contributed by atoms with Crippen LogP contribution in [0.5, 0.6) is 0 Å². The molecule has 1 atom stereocenters. The molecule has 2 aromatic carbocycles. The molecule has 0 radical (unpaired) electrons. The van der Waals surface area contributed by atoms with Gasteiger partial charge in [0, 0.05) is 17.4 Å². The van der Waals surface area contributed by atoms with Crippen LogP contribution in [0.2, 0.25) is 0 Å². The molecule has 2 aromatic rings. The van der Waals surface area contributed by atoms with E-state index in [0.29, 0.717) is 12.3 Å². The Morgan fingerprint density at radius 3 is 1.95 bits per heavy atom. The van der Waals surface area contributed by atoms with Gasteiger partial charge in [0.25, 0.3) is 0 Å². The van der Waals surface area contributed by atoms with Crippen molar-refractivity contribution in [2.24, 2.45) is 5.92 Å². The summed E-state index contributed by atoms with van der Waals surface area (Å²) in [5.41, 5.74) is 1.91. The van der Waals surface area contributed by atoms with Crippen molar-refractivity contribution in [3.05, 3.63) is 71.8 Å². The first kappa shape index (κ1) is 14.5. The molecule has 0 aliphatic heterocycles. The van der Waals surface area contributed by atoms with E-state index >= 15 is 0 Å². The zero-order valence-corrected chi connectivity index (χ0v) is 12.5. The first-order valence-electron chi connectivity index (χ1n) is 7.18. The molecule has 0 saturated heterocycles. The van der Waals surface area contributed by atoms with Crippen molar-refractivity contribution in [3.63, 3.8) is 0 Å². The Morgan fingerprint density at radius 1 is 0.950 bits per heavy atom. The molecule has 0 spiro atoms. The van der Waals surface area contributed by atoms with Gasteiger partial charge in [-0.15, -0.1) is 0 Å².